The molecule has 0 amide bonds. The van der Waals surface area contributed by atoms with Gasteiger partial charge >= 0.3 is 0 Å². The zero-order valence-corrected chi connectivity index (χ0v) is 8.57. The molecule has 0 aliphatic rings. The zero-order valence-electron chi connectivity index (χ0n) is 8.57. The van der Waals surface area contributed by atoms with Crippen molar-refractivity contribution in [2.75, 3.05) is 0 Å². The third-order valence-corrected chi connectivity index (χ3v) is 2.08. The molecule has 1 aromatic rings. The van der Waals surface area contributed by atoms with E-state index < -0.39 is 6.10 Å². The van der Waals surface area contributed by atoms with Gasteiger partial charge in [0.15, 0.2) is 0 Å². The van der Waals surface area contributed by atoms with Gasteiger partial charge in [0, 0.05) is 13.2 Å². The molecule has 13 heavy (non-hydrogen) atoms. The molecule has 1 rings (SSSR count). The van der Waals surface area contributed by atoms with E-state index >= 15 is 0 Å². The summed E-state index contributed by atoms with van der Waals surface area (Å²) in [6, 6.07) is 0. The molecule has 0 fully saturated rings. The van der Waals surface area contributed by atoms with E-state index in [-0.39, 0.29) is 0 Å². The zero-order chi connectivity index (χ0) is 9.84. The van der Waals surface area contributed by atoms with Crippen LogP contribution in [0.3, 0.4) is 0 Å². The van der Waals surface area contributed by atoms with Crippen LogP contribution in [0.5, 0.6) is 0 Å². The quantitative estimate of drug-likeness (QED) is 0.772. The Labute approximate surface area is 79.4 Å². The first kappa shape index (κ1) is 10.3. The summed E-state index contributed by atoms with van der Waals surface area (Å²) in [5.41, 5.74) is 0.781. The Morgan fingerprint density at radius 3 is 2.62 bits per heavy atom. The molecule has 3 heteroatoms. The molecule has 0 aliphatic carbocycles. The molecule has 1 aromatic heterocycles. The Kier molecular flexibility index (Phi) is 3.48. The van der Waals surface area contributed by atoms with Crippen molar-refractivity contribution in [2.24, 2.45) is 13.0 Å². The molecule has 3 nitrogen and oxygen atoms in total. The summed E-state index contributed by atoms with van der Waals surface area (Å²) in [5.74, 6) is 0.637. The van der Waals surface area contributed by atoms with Crippen LogP contribution in [0.15, 0.2) is 12.5 Å². The van der Waals surface area contributed by atoms with Crippen LogP contribution in [-0.2, 0) is 7.05 Å². The van der Waals surface area contributed by atoms with Crippen LogP contribution in [0, 0.1) is 5.92 Å². The molecule has 1 atom stereocenters. The van der Waals surface area contributed by atoms with Crippen LogP contribution in [0.1, 0.15) is 38.5 Å². The van der Waals surface area contributed by atoms with Crippen molar-refractivity contribution in [1.29, 1.82) is 0 Å². The van der Waals surface area contributed by atoms with E-state index in [0.717, 1.165) is 18.5 Å². The van der Waals surface area contributed by atoms with Crippen LogP contribution in [-0.4, -0.2) is 14.7 Å². The summed E-state index contributed by atoms with van der Waals surface area (Å²) in [7, 11) is 1.91. The number of hydrogen-bond donors (Lipinski definition) is 1. The Bertz CT molecular complexity index is 255. The maximum absolute atomic E-state index is 9.71. The highest BCUT2D eigenvalue weighted by atomic mass is 16.3. The maximum atomic E-state index is 9.71. The van der Waals surface area contributed by atoms with Gasteiger partial charge in [-0.15, -0.1) is 0 Å². The number of aliphatic hydroxyl groups excluding tert-OH is 1. The monoisotopic (exact) mass is 182 g/mol. The lowest BCUT2D eigenvalue weighted by molar-refractivity contribution is 0.155. The van der Waals surface area contributed by atoms with Gasteiger partial charge in [-0.1, -0.05) is 13.8 Å². The molecular formula is C10H18N2O. The largest absolute Gasteiger partial charge is 0.387 e. The molecular weight excluding hydrogens is 164 g/mol. The molecule has 0 saturated carbocycles. The Balaban J connectivity index is 2.44. The number of imidazole rings is 1. The lowest BCUT2D eigenvalue weighted by Gasteiger charge is -2.09. The molecule has 1 unspecified atom stereocenters. The average Bonchev–Trinajstić information content (AvgIpc) is 2.47. The fourth-order valence-corrected chi connectivity index (χ4v) is 1.24. The minimum atomic E-state index is -0.399. The van der Waals surface area contributed by atoms with Crippen LogP contribution in [0.4, 0.5) is 0 Å². The van der Waals surface area contributed by atoms with Crippen molar-refractivity contribution in [3.8, 4) is 0 Å². The number of nitrogens with zero attached hydrogens (tertiary/aromatic N) is 2. The highest BCUT2D eigenvalue weighted by molar-refractivity contribution is 5.00. The van der Waals surface area contributed by atoms with E-state index in [1.54, 1.807) is 6.33 Å². The topological polar surface area (TPSA) is 38.0 Å². The van der Waals surface area contributed by atoms with E-state index in [9.17, 15) is 5.11 Å². The van der Waals surface area contributed by atoms with Crippen molar-refractivity contribution < 1.29 is 5.11 Å². The van der Waals surface area contributed by atoms with E-state index in [4.69, 9.17) is 0 Å². The van der Waals surface area contributed by atoms with Crippen molar-refractivity contribution in [3.05, 3.63) is 18.2 Å². The standard InChI is InChI=1S/C10H18N2O/c1-8(2)4-5-10(13)9-6-12(3)7-11-9/h6-8,10,13H,4-5H2,1-3H3. The van der Waals surface area contributed by atoms with Gasteiger partial charge < -0.3 is 9.67 Å². The number of aliphatic hydroxyl groups is 1. The van der Waals surface area contributed by atoms with Gasteiger partial charge in [-0.25, -0.2) is 4.98 Å². The van der Waals surface area contributed by atoms with Crippen LogP contribution >= 0.6 is 0 Å². The lowest BCUT2D eigenvalue weighted by atomic mass is 10.0. The minimum absolute atomic E-state index is 0.399. The third-order valence-electron chi connectivity index (χ3n) is 2.08. The second-order valence-corrected chi connectivity index (χ2v) is 3.95. The van der Waals surface area contributed by atoms with Crippen LogP contribution in [0.2, 0.25) is 0 Å². The average molecular weight is 182 g/mol. The Morgan fingerprint density at radius 2 is 2.15 bits per heavy atom. The van der Waals surface area contributed by atoms with Gasteiger partial charge in [-0.05, 0) is 18.8 Å². The summed E-state index contributed by atoms with van der Waals surface area (Å²) in [5, 5.41) is 9.71. The molecule has 1 heterocycles. The third kappa shape index (κ3) is 3.19. The highest BCUT2D eigenvalue weighted by Gasteiger charge is 2.10. The molecule has 1 N–H and O–H groups in total. The van der Waals surface area contributed by atoms with Gasteiger partial charge in [0.05, 0.1) is 18.1 Å². The fourth-order valence-electron chi connectivity index (χ4n) is 1.24. The number of rotatable bonds is 4. The molecule has 0 radical (unpaired) electrons. The van der Waals surface area contributed by atoms with Gasteiger partial charge in [0.25, 0.3) is 0 Å². The molecule has 74 valence electrons. The normalized spacial score (nSPS) is 13.6. The van der Waals surface area contributed by atoms with E-state index in [1.807, 2.05) is 17.8 Å². The molecule has 0 aliphatic heterocycles. The van der Waals surface area contributed by atoms with Gasteiger partial charge in [0.1, 0.15) is 0 Å². The van der Waals surface area contributed by atoms with Crippen LogP contribution in [0.25, 0.3) is 0 Å². The fraction of sp³-hybridized carbons (Fsp3) is 0.700. The number of aromatic nitrogens is 2. The molecule has 0 bridgehead atoms. The van der Waals surface area contributed by atoms with Crippen molar-refractivity contribution in [3.63, 3.8) is 0 Å². The summed E-state index contributed by atoms with van der Waals surface area (Å²) in [4.78, 5) is 4.11. The predicted octanol–water partition coefficient (Wildman–Crippen LogP) is 1.89. The molecule has 0 saturated heterocycles. The van der Waals surface area contributed by atoms with E-state index in [2.05, 4.69) is 18.8 Å². The Morgan fingerprint density at radius 1 is 1.46 bits per heavy atom. The Hall–Kier alpha value is -0.830. The smallest absolute Gasteiger partial charge is 0.0975 e. The van der Waals surface area contributed by atoms with E-state index in [0.29, 0.717) is 5.92 Å². The second kappa shape index (κ2) is 4.42. The first-order chi connectivity index (χ1) is 6.09. The van der Waals surface area contributed by atoms with Gasteiger partial charge in [-0.3, -0.25) is 0 Å². The number of aryl methyl sites for hydroxylation is 1. The minimum Gasteiger partial charge on any atom is -0.387 e. The first-order valence-corrected chi connectivity index (χ1v) is 4.75. The molecule has 0 spiro atoms. The van der Waals surface area contributed by atoms with Crippen LogP contribution < -0.4 is 0 Å². The predicted molar refractivity (Wildman–Crippen MR) is 52.2 cm³/mol. The SMILES string of the molecule is CC(C)CCC(O)c1cn(C)cn1. The summed E-state index contributed by atoms with van der Waals surface area (Å²) in [6.07, 6.45) is 5.02. The van der Waals surface area contributed by atoms with Crippen molar-refractivity contribution in [2.45, 2.75) is 32.8 Å². The maximum Gasteiger partial charge on any atom is 0.0975 e. The summed E-state index contributed by atoms with van der Waals surface area (Å²) in [6.45, 7) is 4.32. The van der Waals surface area contributed by atoms with Crippen molar-refractivity contribution in [1.82, 2.24) is 9.55 Å². The second-order valence-electron chi connectivity index (χ2n) is 3.95. The highest BCUT2D eigenvalue weighted by Crippen LogP contribution is 2.18. The number of hydrogen-bond acceptors (Lipinski definition) is 2. The lowest BCUT2D eigenvalue weighted by Crippen LogP contribution is -2.00. The van der Waals surface area contributed by atoms with Crippen molar-refractivity contribution >= 4 is 0 Å². The summed E-state index contributed by atoms with van der Waals surface area (Å²) >= 11 is 0. The first-order valence-electron chi connectivity index (χ1n) is 4.75. The van der Waals surface area contributed by atoms with Gasteiger partial charge in [-0.2, -0.15) is 0 Å². The van der Waals surface area contributed by atoms with Gasteiger partial charge in [0.2, 0.25) is 0 Å². The summed E-state index contributed by atoms with van der Waals surface area (Å²) < 4.78 is 1.86. The van der Waals surface area contributed by atoms with E-state index in [1.165, 1.54) is 0 Å². The molecule has 0 aromatic carbocycles.